The molecular formula is C18H23N3O2S. The van der Waals surface area contributed by atoms with Crippen LogP contribution in [0.15, 0.2) is 47.8 Å². The Balaban J connectivity index is 1.66. The van der Waals surface area contributed by atoms with Gasteiger partial charge in [-0.2, -0.15) is 0 Å². The minimum absolute atomic E-state index is 0.165. The van der Waals surface area contributed by atoms with Crippen LogP contribution in [0.1, 0.15) is 23.0 Å². The van der Waals surface area contributed by atoms with Crippen molar-refractivity contribution < 1.29 is 9.59 Å². The van der Waals surface area contributed by atoms with Crippen molar-refractivity contribution in [3.63, 3.8) is 0 Å². The highest BCUT2D eigenvalue weighted by Gasteiger charge is 2.16. The number of nitrogens with one attached hydrogen (secondary N) is 2. The van der Waals surface area contributed by atoms with Crippen LogP contribution in [0.4, 0.5) is 5.69 Å². The predicted molar refractivity (Wildman–Crippen MR) is 98.6 cm³/mol. The lowest BCUT2D eigenvalue weighted by atomic mass is 10.2. The van der Waals surface area contributed by atoms with Crippen LogP contribution in [0, 0.1) is 0 Å². The molecule has 2 aromatic rings. The fraction of sp³-hybridized carbons (Fsp3) is 0.333. The van der Waals surface area contributed by atoms with Crippen molar-refractivity contribution in [1.29, 1.82) is 0 Å². The Hall–Kier alpha value is -2.34. The normalized spacial score (nSPS) is 11.6. The molecule has 5 nitrogen and oxygen atoms in total. The van der Waals surface area contributed by atoms with E-state index in [2.05, 4.69) is 27.7 Å². The third kappa shape index (κ3) is 5.38. The first-order valence-corrected chi connectivity index (χ1v) is 8.84. The molecule has 0 aliphatic heterocycles. The summed E-state index contributed by atoms with van der Waals surface area (Å²) >= 11 is 1.36. The van der Waals surface area contributed by atoms with E-state index in [1.807, 2.05) is 36.7 Å². The number of amides is 2. The zero-order valence-electron chi connectivity index (χ0n) is 14.0. The summed E-state index contributed by atoms with van der Waals surface area (Å²) in [4.78, 5) is 26.7. The van der Waals surface area contributed by atoms with E-state index in [0.717, 1.165) is 18.7 Å². The molecule has 128 valence electrons. The molecule has 0 aliphatic carbocycles. The zero-order chi connectivity index (χ0) is 17.4. The fourth-order valence-corrected chi connectivity index (χ4v) is 2.86. The van der Waals surface area contributed by atoms with E-state index in [1.165, 1.54) is 11.3 Å². The van der Waals surface area contributed by atoms with Crippen LogP contribution in [-0.2, 0) is 4.79 Å². The first kappa shape index (κ1) is 18.0. The van der Waals surface area contributed by atoms with Gasteiger partial charge in [0, 0.05) is 25.8 Å². The van der Waals surface area contributed by atoms with Crippen molar-refractivity contribution in [2.24, 2.45) is 0 Å². The van der Waals surface area contributed by atoms with Gasteiger partial charge in [0.2, 0.25) is 5.91 Å². The Labute approximate surface area is 146 Å². The maximum atomic E-state index is 12.0. The molecule has 2 N–H and O–H groups in total. The van der Waals surface area contributed by atoms with Gasteiger partial charge >= 0.3 is 0 Å². The molecule has 1 aromatic heterocycles. The average Bonchev–Trinajstić information content (AvgIpc) is 3.13. The van der Waals surface area contributed by atoms with E-state index in [-0.39, 0.29) is 11.8 Å². The van der Waals surface area contributed by atoms with Crippen LogP contribution in [0.5, 0.6) is 0 Å². The highest BCUT2D eigenvalue weighted by molar-refractivity contribution is 7.12. The fourth-order valence-electron chi connectivity index (χ4n) is 2.23. The number of carbonyl (C=O) groups is 2. The molecule has 2 amide bonds. The molecule has 0 aliphatic rings. The van der Waals surface area contributed by atoms with Crippen LogP contribution in [-0.4, -0.2) is 38.0 Å². The molecule has 24 heavy (non-hydrogen) atoms. The predicted octanol–water partition coefficient (Wildman–Crippen LogP) is 2.51. The van der Waals surface area contributed by atoms with Crippen molar-refractivity contribution in [2.45, 2.75) is 19.4 Å². The van der Waals surface area contributed by atoms with Crippen molar-refractivity contribution >= 4 is 28.8 Å². The van der Waals surface area contributed by atoms with E-state index >= 15 is 0 Å². The molecule has 0 fully saturated rings. The molecule has 0 saturated heterocycles. The number of anilines is 1. The lowest BCUT2D eigenvalue weighted by Crippen LogP contribution is -2.45. The van der Waals surface area contributed by atoms with Gasteiger partial charge in [-0.25, -0.2) is 0 Å². The lowest BCUT2D eigenvalue weighted by molar-refractivity contribution is -0.122. The molecule has 0 saturated carbocycles. The van der Waals surface area contributed by atoms with Gasteiger partial charge < -0.3 is 15.5 Å². The van der Waals surface area contributed by atoms with E-state index in [0.29, 0.717) is 11.4 Å². The van der Waals surface area contributed by atoms with Gasteiger partial charge in [0.05, 0.1) is 4.88 Å². The van der Waals surface area contributed by atoms with Gasteiger partial charge in [-0.1, -0.05) is 24.3 Å². The monoisotopic (exact) mass is 345 g/mol. The van der Waals surface area contributed by atoms with Crippen molar-refractivity contribution in [1.82, 2.24) is 10.6 Å². The second-order valence-electron chi connectivity index (χ2n) is 5.57. The van der Waals surface area contributed by atoms with Gasteiger partial charge in [0.15, 0.2) is 0 Å². The van der Waals surface area contributed by atoms with Gasteiger partial charge in [-0.05, 0) is 36.9 Å². The molecule has 1 unspecified atom stereocenters. The summed E-state index contributed by atoms with van der Waals surface area (Å²) < 4.78 is 0. The summed E-state index contributed by atoms with van der Waals surface area (Å²) in [5, 5.41) is 7.41. The number of benzene rings is 1. The third-order valence-corrected chi connectivity index (χ3v) is 4.52. The number of thiophene rings is 1. The Bertz CT molecular complexity index is 644. The van der Waals surface area contributed by atoms with Crippen molar-refractivity contribution in [2.75, 3.05) is 25.0 Å². The molecule has 1 atom stereocenters. The number of nitrogens with zero attached hydrogens (tertiary/aromatic N) is 1. The van der Waals surface area contributed by atoms with Crippen molar-refractivity contribution in [3.05, 3.63) is 52.7 Å². The van der Waals surface area contributed by atoms with Crippen LogP contribution in [0.3, 0.4) is 0 Å². The molecule has 2 rings (SSSR count). The average molecular weight is 345 g/mol. The van der Waals surface area contributed by atoms with Gasteiger partial charge in [0.25, 0.3) is 5.91 Å². The summed E-state index contributed by atoms with van der Waals surface area (Å²) in [5.41, 5.74) is 1.15. The molecule has 0 bridgehead atoms. The largest absolute Gasteiger partial charge is 0.375 e. The quantitative estimate of drug-likeness (QED) is 0.723. The molecule has 0 spiro atoms. The molecule has 1 aromatic carbocycles. The summed E-state index contributed by atoms with van der Waals surface area (Å²) in [6.07, 6.45) is 0.836. The Morgan fingerprint density at radius 2 is 1.92 bits per heavy atom. The highest BCUT2D eigenvalue weighted by Crippen LogP contribution is 2.10. The Morgan fingerprint density at radius 3 is 2.58 bits per heavy atom. The molecular weight excluding hydrogens is 322 g/mol. The van der Waals surface area contributed by atoms with E-state index < -0.39 is 6.04 Å². The summed E-state index contributed by atoms with van der Waals surface area (Å²) in [7, 11) is 2.03. The molecule has 6 heteroatoms. The van der Waals surface area contributed by atoms with E-state index in [4.69, 9.17) is 0 Å². The van der Waals surface area contributed by atoms with Crippen LogP contribution >= 0.6 is 11.3 Å². The Morgan fingerprint density at radius 1 is 1.17 bits per heavy atom. The van der Waals surface area contributed by atoms with Crippen LogP contribution in [0.25, 0.3) is 0 Å². The van der Waals surface area contributed by atoms with Crippen molar-refractivity contribution in [3.8, 4) is 0 Å². The zero-order valence-corrected chi connectivity index (χ0v) is 14.8. The summed E-state index contributed by atoms with van der Waals surface area (Å²) in [5.74, 6) is -0.376. The van der Waals surface area contributed by atoms with Crippen LogP contribution in [0.2, 0.25) is 0 Å². The number of hydrogen-bond donors (Lipinski definition) is 2. The second-order valence-corrected chi connectivity index (χ2v) is 6.52. The topological polar surface area (TPSA) is 61.4 Å². The second kappa shape index (κ2) is 9.08. The number of hydrogen-bond acceptors (Lipinski definition) is 4. The minimum Gasteiger partial charge on any atom is -0.375 e. The number of para-hydroxylation sites is 1. The minimum atomic E-state index is -0.550. The smallest absolute Gasteiger partial charge is 0.261 e. The number of carbonyl (C=O) groups excluding carboxylic acids is 2. The molecule has 1 heterocycles. The van der Waals surface area contributed by atoms with E-state index in [9.17, 15) is 9.59 Å². The summed E-state index contributed by atoms with van der Waals surface area (Å²) in [6, 6.07) is 13.1. The third-order valence-electron chi connectivity index (χ3n) is 3.65. The summed E-state index contributed by atoms with van der Waals surface area (Å²) in [6.45, 7) is 3.12. The lowest BCUT2D eigenvalue weighted by Gasteiger charge is -2.19. The standard InChI is InChI=1S/C18H23N3O2S/c1-14(20-18(23)16-10-6-13-24-16)17(22)19-11-7-12-21(2)15-8-4-3-5-9-15/h3-6,8-10,13-14H,7,11-12H2,1-2H3,(H,19,22)(H,20,23). The SMILES string of the molecule is CC(NC(=O)c1cccs1)C(=O)NCCCN(C)c1ccccc1. The Kier molecular flexibility index (Phi) is 6.81. The highest BCUT2D eigenvalue weighted by atomic mass is 32.1. The van der Waals surface area contributed by atoms with E-state index in [1.54, 1.807) is 13.0 Å². The van der Waals surface area contributed by atoms with Gasteiger partial charge in [-0.3, -0.25) is 9.59 Å². The first-order valence-electron chi connectivity index (χ1n) is 7.96. The van der Waals surface area contributed by atoms with Gasteiger partial charge in [0.1, 0.15) is 6.04 Å². The number of rotatable bonds is 8. The first-order chi connectivity index (χ1) is 11.6. The maximum absolute atomic E-state index is 12.0. The molecule has 0 radical (unpaired) electrons. The maximum Gasteiger partial charge on any atom is 0.261 e. The van der Waals surface area contributed by atoms with Crippen LogP contribution < -0.4 is 15.5 Å². The van der Waals surface area contributed by atoms with Gasteiger partial charge in [-0.15, -0.1) is 11.3 Å².